The third-order valence-electron chi connectivity index (χ3n) is 6.15. The van der Waals surface area contributed by atoms with E-state index >= 15 is 0 Å². The Morgan fingerprint density at radius 3 is 2.03 bits per heavy atom. The lowest BCUT2D eigenvalue weighted by molar-refractivity contribution is -0.0334. The molecule has 3 rings (SSSR count). The molecule has 0 bridgehead atoms. The number of aromatic carboxylic acids is 1. The molecule has 5 heteroatoms. The fourth-order valence-corrected chi connectivity index (χ4v) is 4.62. The van der Waals surface area contributed by atoms with E-state index < -0.39 is 11.6 Å². The monoisotopic (exact) mass is 481 g/mol. The highest BCUT2D eigenvalue weighted by Crippen LogP contribution is 2.40. The summed E-state index contributed by atoms with van der Waals surface area (Å²) in [6.45, 7) is 11.4. The second-order valence-electron chi connectivity index (χ2n) is 8.98. The second-order valence-corrected chi connectivity index (χ2v) is 8.98. The van der Waals surface area contributed by atoms with E-state index in [1.807, 2.05) is 30.3 Å². The van der Waals surface area contributed by atoms with Gasteiger partial charge in [0, 0.05) is 17.8 Å². The summed E-state index contributed by atoms with van der Waals surface area (Å²) in [6.07, 6.45) is 0.707. The van der Waals surface area contributed by atoms with Crippen molar-refractivity contribution in [3.63, 3.8) is 0 Å². The van der Waals surface area contributed by atoms with Crippen molar-refractivity contribution in [3.05, 3.63) is 101 Å². The van der Waals surface area contributed by atoms with Crippen LogP contribution in [0.1, 0.15) is 68.1 Å². The van der Waals surface area contributed by atoms with Crippen LogP contribution in [0.3, 0.4) is 0 Å². The van der Waals surface area contributed by atoms with Gasteiger partial charge in [0.1, 0.15) is 5.60 Å². The van der Waals surface area contributed by atoms with Gasteiger partial charge in [-0.25, -0.2) is 4.79 Å². The molecule has 0 aliphatic rings. The van der Waals surface area contributed by atoms with E-state index in [2.05, 4.69) is 75.9 Å². The lowest BCUT2D eigenvalue weighted by atomic mass is 9.83. The van der Waals surface area contributed by atoms with Gasteiger partial charge in [0.15, 0.2) is 0 Å². The first kappa shape index (κ1) is 27.4. The number of benzene rings is 3. The van der Waals surface area contributed by atoms with Crippen LogP contribution in [-0.4, -0.2) is 23.2 Å². The van der Waals surface area contributed by atoms with Gasteiger partial charge in [-0.2, -0.15) is 0 Å². The van der Waals surface area contributed by atoms with Crippen molar-refractivity contribution in [1.82, 2.24) is 0 Å². The predicted octanol–water partition coefficient (Wildman–Crippen LogP) is 7.30. The molecule has 1 N–H and O–H groups in total. The number of halogens is 1. The van der Waals surface area contributed by atoms with Crippen molar-refractivity contribution >= 4 is 24.1 Å². The fourth-order valence-electron chi connectivity index (χ4n) is 4.62. The Hall–Kier alpha value is -2.82. The Labute approximate surface area is 210 Å². The fraction of sp³-hybridized carbons (Fsp3) is 0.345. The van der Waals surface area contributed by atoms with Gasteiger partial charge in [-0.3, -0.25) is 0 Å². The maximum atomic E-state index is 11.4. The highest BCUT2D eigenvalue weighted by molar-refractivity contribution is 5.87. The number of carboxylic acids is 1. The number of carbonyl (C=O) groups is 1. The summed E-state index contributed by atoms with van der Waals surface area (Å²) in [5.41, 5.74) is 3.82. The lowest BCUT2D eigenvalue weighted by Gasteiger charge is -2.37. The molecule has 4 nitrogen and oxygen atoms in total. The Morgan fingerprint density at radius 1 is 0.882 bits per heavy atom. The maximum absolute atomic E-state index is 11.4. The number of ether oxygens (including phenoxy) is 1. The van der Waals surface area contributed by atoms with Crippen molar-refractivity contribution in [3.8, 4) is 0 Å². The topological polar surface area (TPSA) is 49.8 Å². The number of rotatable bonds is 10. The molecule has 0 amide bonds. The molecule has 0 aliphatic carbocycles. The van der Waals surface area contributed by atoms with Gasteiger partial charge in [0.2, 0.25) is 0 Å². The van der Waals surface area contributed by atoms with Crippen molar-refractivity contribution in [1.29, 1.82) is 0 Å². The molecule has 0 spiro atoms. The molecule has 0 radical (unpaired) electrons. The number of anilines is 1. The number of nitrogens with zero attached hydrogens (tertiary/aromatic N) is 1. The van der Waals surface area contributed by atoms with E-state index in [1.54, 1.807) is 12.1 Å². The van der Waals surface area contributed by atoms with Crippen LogP contribution in [0.15, 0.2) is 78.9 Å². The second kappa shape index (κ2) is 12.0. The summed E-state index contributed by atoms with van der Waals surface area (Å²) in [6, 6.07) is 26.5. The third-order valence-corrected chi connectivity index (χ3v) is 6.15. The molecule has 0 saturated heterocycles. The highest BCUT2D eigenvalue weighted by atomic mass is 35.5. The summed E-state index contributed by atoms with van der Waals surface area (Å²) in [5, 5.41) is 9.37. The minimum absolute atomic E-state index is 0. The molecular formula is C29H36ClNO3. The van der Waals surface area contributed by atoms with E-state index in [4.69, 9.17) is 4.74 Å². The lowest BCUT2D eigenvalue weighted by Crippen LogP contribution is -2.37. The number of carboxylic acid groups (broad SMARTS) is 1. The summed E-state index contributed by atoms with van der Waals surface area (Å²) < 4.78 is 6.73. The first-order valence-electron chi connectivity index (χ1n) is 11.7. The van der Waals surface area contributed by atoms with Gasteiger partial charge in [0.25, 0.3) is 0 Å². The molecule has 0 aliphatic heterocycles. The molecule has 34 heavy (non-hydrogen) atoms. The normalized spacial score (nSPS) is 12.8. The van der Waals surface area contributed by atoms with Crippen LogP contribution in [0.2, 0.25) is 0 Å². The Morgan fingerprint density at radius 2 is 1.50 bits per heavy atom. The van der Waals surface area contributed by atoms with E-state index in [0.29, 0.717) is 25.1 Å². The van der Waals surface area contributed by atoms with Crippen molar-refractivity contribution < 1.29 is 14.6 Å². The zero-order valence-electron chi connectivity index (χ0n) is 20.7. The van der Waals surface area contributed by atoms with Crippen LogP contribution in [0, 0.1) is 0 Å². The molecule has 0 unspecified atom stereocenters. The van der Waals surface area contributed by atoms with Gasteiger partial charge >= 0.3 is 5.97 Å². The molecule has 0 fully saturated rings. The van der Waals surface area contributed by atoms with Gasteiger partial charge in [0.05, 0.1) is 12.2 Å². The number of hydrogen-bond donors (Lipinski definition) is 1. The van der Waals surface area contributed by atoms with Crippen LogP contribution >= 0.6 is 12.4 Å². The molecule has 0 saturated carbocycles. The first-order chi connectivity index (χ1) is 15.8. The quantitative estimate of drug-likeness (QED) is 0.330. The SMILES string of the molecule is CC[C@@](OCc1ccccc1)(c1ccc(C(=O)O)cc1)c1cccc(N(C(C)C)C(C)C)c1.Cl. The van der Waals surface area contributed by atoms with Crippen molar-refractivity contribution in [2.45, 2.75) is 65.3 Å². The molecule has 0 heterocycles. The van der Waals surface area contributed by atoms with E-state index in [1.165, 1.54) is 0 Å². The predicted molar refractivity (Wildman–Crippen MR) is 142 cm³/mol. The van der Waals surface area contributed by atoms with Gasteiger partial charge in [-0.05, 0) is 75.1 Å². The average Bonchev–Trinajstić information content (AvgIpc) is 2.80. The molecule has 182 valence electrons. The van der Waals surface area contributed by atoms with Gasteiger partial charge in [-0.15, -0.1) is 12.4 Å². The Bertz CT molecular complexity index is 1040. The van der Waals surface area contributed by atoms with Crippen LogP contribution in [0.5, 0.6) is 0 Å². The smallest absolute Gasteiger partial charge is 0.335 e. The Kier molecular flexibility index (Phi) is 9.72. The maximum Gasteiger partial charge on any atom is 0.335 e. The summed E-state index contributed by atoms with van der Waals surface area (Å²) in [5.74, 6) is -0.930. The highest BCUT2D eigenvalue weighted by Gasteiger charge is 2.34. The molecule has 0 aromatic heterocycles. The minimum Gasteiger partial charge on any atom is -0.478 e. The standard InChI is InChI=1S/C29H35NO3.ClH/c1-6-29(33-20-23-11-8-7-9-12-23,25-17-15-24(16-18-25)28(31)32)26-13-10-14-27(19-26)30(21(2)3)22(4)5;/h7-19,21-22H,6,20H2,1-5H3,(H,31,32);1H/t29-;/m1./s1. The van der Waals surface area contributed by atoms with Gasteiger partial charge in [-0.1, -0.05) is 61.5 Å². The van der Waals surface area contributed by atoms with E-state index in [-0.39, 0.29) is 18.0 Å². The first-order valence-corrected chi connectivity index (χ1v) is 11.7. The molecule has 3 aromatic rings. The zero-order valence-corrected chi connectivity index (χ0v) is 21.5. The number of hydrogen-bond acceptors (Lipinski definition) is 3. The van der Waals surface area contributed by atoms with Crippen LogP contribution in [-0.2, 0) is 16.9 Å². The van der Waals surface area contributed by atoms with Crippen LogP contribution in [0.25, 0.3) is 0 Å². The van der Waals surface area contributed by atoms with Crippen molar-refractivity contribution in [2.75, 3.05) is 4.90 Å². The summed E-state index contributed by atoms with van der Waals surface area (Å²) in [7, 11) is 0. The van der Waals surface area contributed by atoms with E-state index in [0.717, 1.165) is 22.4 Å². The molecular weight excluding hydrogens is 446 g/mol. The molecule has 1 atom stereocenters. The van der Waals surface area contributed by atoms with Crippen molar-refractivity contribution in [2.24, 2.45) is 0 Å². The Balaban J connectivity index is 0.00000408. The summed E-state index contributed by atoms with van der Waals surface area (Å²) >= 11 is 0. The zero-order chi connectivity index (χ0) is 24.0. The average molecular weight is 482 g/mol. The summed E-state index contributed by atoms with van der Waals surface area (Å²) in [4.78, 5) is 13.8. The van der Waals surface area contributed by atoms with Gasteiger partial charge < -0.3 is 14.7 Å². The third kappa shape index (κ3) is 5.99. The minimum atomic E-state index is -0.930. The van der Waals surface area contributed by atoms with Crippen LogP contribution < -0.4 is 4.90 Å². The van der Waals surface area contributed by atoms with E-state index in [9.17, 15) is 9.90 Å². The largest absolute Gasteiger partial charge is 0.478 e. The molecule has 3 aromatic carbocycles. The van der Waals surface area contributed by atoms with Crippen LogP contribution in [0.4, 0.5) is 5.69 Å².